The molecule has 1 fully saturated rings. The number of H-pyrrole nitrogens is 1. The summed E-state index contributed by atoms with van der Waals surface area (Å²) in [5.41, 5.74) is 1.55. The maximum atomic E-state index is 13.4. The molecule has 3 aromatic carbocycles. The number of morpholine rings is 1. The van der Waals surface area contributed by atoms with E-state index >= 15 is 0 Å². The van der Waals surface area contributed by atoms with Crippen molar-refractivity contribution >= 4 is 18.1 Å². The molecule has 0 bridgehead atoms. The van der Waals surface area contributed by atoms with E-state index in [1.54, 1.807) is 20.0 Å². The van der Waals surface area contributed by atoms with E-state index < -0.39 is 36.0 Å². The highest BCUT2D eigenvalue weighted by Crippen LogP contribution is 2.55. The van der Waals surface area contributed by atoms with Crippen molar-refractivity contribution in [3.05, 3.63) is 153 Å². The van der Waals surface area contributed by atoms with Gasteiger partial charge < -0.3 is 9.26 Å². The van der Waals surface area contributed by atoms with Crippen LogP contribution in [-0.4, -0.2) is 58.5 Å². The van der Waals surface area contributed by atoms with Crippen molar-refractivity contribution in [2.45, 2.75) is 31.2 Å². The Morgan fingerprint density at radius 1 is 1.00 bits per heavy atom. The quantitative estimate of drug-likeness (QED) is 0.116. The van der Waals surface area contributed by atoms with E-state index in [1.807, 2.05) is 54.6 Å². The highest BCUT2D eigenvalue weighted by Gasteiger charge is 2.47. The van der Waals surface area contributed by atoms with Crippen LogP contribution in [0.5, 0.6) is 0 Å². The largest absolute Gasteiger partial charge is 0.362 e. The van der Waals surface area contributed by atoms with Crippen LogP contribution in [0.3, 0.4) is 0 Å². The van der Waals surface area contributed by atoms with Crippen molar-refractivity contribution in [1.82, 2.24) is 19.1 Å². The fraction of sp³-hybridized carbons (Fsp3) is 0.294. The van der Waals surface area contributed by atoms with E-state index in [9.17, 15) is 14.2 Å². The molecule has 2 heterocycles. The molecule has 3 atom stereocenters. The monoisotopic (exact) mass is 648 g/mol. The molecule has 1 saturated heterocycles. The van der Waals surface area contributed by atoms with Crippen molar-refractivity contribution < 1.29 is 13.8 Å². The Morgan fingerprint density at radius 3 is 2.04 bits per heavy atom. The molecule has 0 amide bonds. The molecular weight excluding hydrogens is 611 g/mol. The molecule has 3 unspecified atom stereocenters. The smallest absolute Gasteiger partial charge is 0.350 e. The second-order valence-electron chi connectivity index (χ2n) is 11.1. The lowest BCUT2D eigenvalue weighted by Crippen LogP contribution is -2.58. The van der Waals surface area contributed by atoms with Crippen molar-refractivity contribution in [3.8, 4) is 0 Å². The summed E-state index contributed by atoms with van der Waals surface area (Å²) in [7, 11) is 1.64. The molecule has 9 nitrogen and oxygen atoms in total. The Balaban J connectivity index is 1.65. The molecule has 45 heavy (non-hydrogen) atoms. The second-order valence-corrected chi connectivity index (χ2v) is 14.2. The van der Waals surface area contributed by atoms with Crippen LogP contribution in [0, 0.1) is 6.92 Å². The van der Waals surface area contributed by atoms with Gasteiger partial charge in [-0.3, -0.25) is 23.8 Å². The summed E-state index contributed by atoms with van der Waals surface area (Å²) >= 11 is 6.43. The lowest BCUT2D eigenvalue weighted by atomic mass is 9.75. The van der Waals surface area contributed by atoms with Crippen LogP contribution < -0.4 is 11.2 Å². The van der Waals surface area contributed by atoms with Crippen molar-refractivity contribution in [3.63, 3.8) is 0 Å². The van der Waals surface area contributed by atoms with Crippen LogP contribution in [0.15, 0.2) is 119 Å². The van der Waals surface area contributed by atoms with E-state index in [0.717, 1.165) is 16.7 Å². The molecule has 1 aromatic heterocycles. The van der Waals surface area contributed by atoms with Gasteiger partial charge in [-0.05, 0) is 48.3 Å². The van der Waals surface area contributed by atoms with E-state index in [0.29, 0.717) is 25.1 Å². The van der Waals surface area contributed by atoms with Crippen molar-refractivity contribution in [2.24, 2.45) is 0 Å². The molecule has 0 spiro atoms. The summed E-state index contributed by atoms with van der Waals surface area (Å²) in [5.74, 6) is 0. The minimum Gasteiger partial charge on any atom is -0.350 e. The third-order valence-electron chi connectivity index (χ3n) is 8.14. The molecule has 236 valence electrons. The normalized spacial score (nSPS) is 18.8. The zero-order chi connectivity index (χ0) is 32.0. The Bertz CT molecular complexity index is 1650. The molecule has 1 N–H and O–H groups in total. The number of benzene rings is 3. The summed E-state index contributed by atoms with van der Waals surface area (Å²) in [4.78, 5) is 30.1. The average Bonchev–Trinajstić information content (AvgIpc) is 3.06. The number of aromatic amines is 1. The number of nitrogens with zero attached hydrogens (tertiary/aromatic N) is 3. The number of hydrogen-bond acceptors (Lipinski definition) is 6. The first-order valence-electron chi connectivity index (χ1n) is 14.8. The third kappa shape index (κ3) is 6.99. The van der Waals surface area contributed by atoms with Gasteiger partial charge in [0.2, 0.25) is 0 Å². The van der Waals surface area contributed by atoms with Gasteiger partial charge in [-0.15, -0.1) is 6.58 Å². The van der Waals surface area contributed by atoms with Crippen LogP contribution in [0.2, 0.25) is 0 Å². The van der Waals surface area contributed by atoms with Gasteiger partial charge >= 0.3 is 12.6 Å². The Hall–Kier alpha value is -3.56. The minimum atomic E-state index is -3.69. The van der Waals surface area contributed by atoms with Crippen LogP contribution in [0.25, 0.3) is 0 Å². The number of aryl methyl sites for hydroxylation is 1. The molecule has 5 rings (SSSR count). The molecule has 0 radical (unpaired) electrons. The summed E-state index contributed by atoms with van der Waals surface area (Å²) in [6, 6.07) is 30.5. The Labute approximate surface area is 268 Å². The average molecular weight is 649 g/mol. The lowest BCUT2D eigenvalue weighted by Gasteiger charge is -2.50. The molecular formula is C34H38ClN4O5P. The maximum Gasteiger partial charge on any atom is 0.362 e. The van der Waals surface area contributed by atoms with E-state index in [4.69, 9.17) is 20.5 Å². The molecule has 1 aliphatic heterocycles. The highest BCUT2D eigenvalue weighted by atomic mass is 35.7. The highest BCUT2D eigenvalue weighted by molar-refractivity contribution is 7.83. The van der Waals surface area contributed by atoms with Crippen LogP contribution >= 0.6 is 18.1 Å². The van der Waals surface area contributed by atoms with Crippen LogP contribution in [-0.2, 0) is 19.4 Å². The molecule has 11 heteroatoms. The van der Waals surface area contributed by atoms with Gasteiger partial charge in [-0.2, -0.15) is 0 Å². The first-order chi connectivity index (χ1) is 21.7. The van der Waals surface area contributed by atoms with Crippen LogP contribution in [0.1, 0.15) is 34.9 Å². The molecule has 1 aliphatic rings. The number of rotatable bonds is 12. The molecule has 4 aromatic rings. The van der Waals surface area contributed by atoms with Gasteiger partial charge in [0.25, 0.3) is 5.56 Å². The predicted octanol–water partition coefficient (Wildman–Crippen LogP) is 5.91. The number of aromatic nitrogens is 2. The number of ether oxygens (including phenoxy) is 1. The summed E-state index contributed by atoms with van der Waals surface area (Å²) in [6.07, 6.45) is 2.35. The summed E-state index contributed by atoms with van der Waals surface area (Å²) in [6.45, 7) is 2.61. The summed E-state index contributed by atoms with van der Waals surface area (Å²) < 4.78 is 28.6. The number of hydrogen-bond donors (Lipinski definition) is 1. The predicted molar refractivity (Wildman–Crippen MR) is 178 cm³/mol. The maximum absolute atomic E-state index is 13.4. The zero-order valence-corrected chi connectivity index (χ0v) is 27.1. The van der Waals surface area contributed by atoms with Gasteiger partial charge in [0, 0.05) is 31.4 Å². The van der Waals surface area contributed by atoms with Gasteiger partial charge in [0.15, 0.2) is 6.23 Å². The first kappa shape index (κ1) is 32.8. The fourth-order valence-electron chi connectivity index (χ4n) is 5.89. The van der Waals surface area contributed by atoms with E-state index in [1.165, 1.54) is 15.4 Å². The van der Waals surface area contributed by atoms with Gasteiger partial charge in [0.1, 0.15) is 0 Å². The topological polar surface area (TPSA) is 96.9 Å². The third-order valence-corrected chi connectivity index (χ3v) is 10.7. The minimum absolute atomic E-state index is 0.0995. The van der Waals surface area contributed by atoms with Gasteiger partial charge in [-0.1, -0.05) is 97.1 Å². The van der Waals surface area contributed by atoms with E-state index in [2.05, 4.69) is 52.9 Å². The zero-order valence-electron chi connectivity index (χ0n) is 25.4. The summed E-state index contributed by atoms with van der Waals surface area (Å²) in [5, 5.41) is 0. The number of halogens is 1. The molecule has 0 saturated carbocycles. The van der Waals surface area contributed by atoms with Crippen molar-refractivity contribution in [2.75, 3.05) is 33.3 Å². The molecule has 0 aliphatic carbocycles. The van der Waals surface area contributed by atoms with Crippen LogP contribution in [0.4, 0.5) is 0 Å². The second kappa shape index (κ2) is 14.3. The Morgan fingerprint density at radius 2 is 1.53 bits per heavy atom. The fourth-order valence-corrected chi connectivity index (χ4v) is 7.19. The SMILES string of the molecule is C=CCCN(C)P(=O)(Cl)OCC1CN(C(c2ccccc2)(c2ccccc2)c2ccccc2)CC(n2cc(C)c(=O)[nH]c2=O)O1. The standard InChI is InChI=1S/C34H38ClN4O5P/c1-4-5-21-37(3)45(35,42)43-25-30-23-38(24-31(44-30)39-22-26(2)32(40)36-33(39)41)34(27-15-9-6-10-16-27,28-17-11-7-12-18-28)29-19-13-8-14-20-29/h4,6-20,22,30-31H,1,5,21,23-25H2,2-3H3,(H,36,40,41). The first-order valence-corrected chi connectivity index (χ1v) is 17.3. The lowest BCUT2D eigenvalue weighted by molar-refractivity contribution is -0.148. The van der Waals surface area contributed by atoms with Gasteiger partial charge in [0.05, 0.1) is 18.2 Å². The Kier molecular flexibility index (Phi) is 10.4. The van der Waals surface area contributed by atoms with E-state index in [-0.39, 0.29) is 13.2 Å². The van der Waals surface area contributed by atoms with Crippen molar-refractivity contribution in [1.29, 1.82) is 0 Å². The van der Waals surface area contributed by atoms with Gasteiger partial charge in [-0.25, -0.2) is 9.46 Å². The number of nitrogens with one attached hydrogen (secondary N) is 1.